The van der Waals surface area contributed by atoms with Crippen molar-refractivity contribution >= 4 is 22.4 Å². The van der Waals surface area contributed by atoms with E-state index >= 15 is 0 Å². The predicted molar refractivity (Wildman–Crippen MR) is 69.2 cm³/mol. The molecule has 4 nitrogen and oxygen atoms in total. The number of hydrogen-bond acceptors (Lipinski definition) is 3. The van der Waals surface area contributed by atoms with E-state index < -0.39 is 10.0 Å². The van der Waals surface area contributed by atoms with Crippen LogP contribution in [0.15, 0.2) is 12.7 Å². The van der Waals surface area contributed by atoms with Gasteiger partial charge in [-0.2, -0.15) is 0 Å². The van der Waals surface area contributed by atoms with Crippen LogP contribution in [0.2, 0.25) is 0 Å². The van der Waals surface area contributed by atoms with E-state index in [1.165, 1.54) is 0 Å². The fourth-order valence-corrected chi connectivity index (χ4v) is 3.55. The monoisotopic (exact) mass is 268 g/mol. The van der Waals surface area contributed by atoms with Gasteiger partial charge in [-0.25, -0.2) is 13.1 Å². The third kappa shape index (κ3) is 4.41. The summed E-state index contributed by atoms with van der Waals surface area (Å²) in [4.78, 5) is 0. The molecule has 1 fully saturated rings. The summed E-state index contributed by atoms with van der Waals surface area (Å²) in [5, 5.41) is 0. The maximum atomic E-state index is 11.7. The molecular weight excluding hydrogens is 248 g/mol. The molecule has 0 saturated heterocycles. The molecule has 0 bridgehead atoms. The third-order valence-corrected chi connectivity index (χ3v) is 4.43. The highest BCUT2D eigenvalue weighted by Gasteiger charge is 2.35. The van der Waals surface area contributed by atoms with E-state index in [2.05, 4.69) is 11.3 Å². The molecular formula is C10H21ClN2O2S. The Balaban J connectivity index is 0.00000225. The second-order valence-corrected chi connectivity index (χ2v) is 6.03. The molecule has 1 aliphatic rings. The van der Waals surface area contributed by atoms with Crippen molar-refractivity contribution in [2.75, 3.05) is 12.3 Å². The molecule has 3 N–H and O–H groups in total. The lowest BCUT2D eigenvalue weighted by Gasteiger charge is -2.28. The summed E-state index contributed by atoms with van der Waals surface area (Å²) in [6, 6.07) is 0. The number of hydrogen-bond donors (Lipinski definition) is 2. The Morgan fingerprint density at radius 1 is 1.38 bits per heavy atom. The third-order valence-electron chi connectivity index (χ3n) is 2.91. The normalized spacial score (nSPS) is 19.1. The average Bonchev–Trinajstić information content (AvgIpc) is 2.63. The molecule has 1 saturated carbocycles. The fraction of sp³-hybridized carbons (Fsp3) is 0.800. The van der Waals surface area contributed by atoms with Crippen LogP contribution in [0.3, 0.4) is 0 Å². The smallest absolute Gasteiger partial charge is 0.212 e. The Morgan fingerprint density at radius 3 is 2.38 bits per heavy atom. The van der Waals surface area contributed by atoms with Gasteiger partial charge in [-0.05, 0) is 19.3 Å². The van der Waals surface area contributed by atoms with E-state index in [9.17, 15) is 8.42 Å². The van der Waals surface area contributed by atoms with Crippen molar-refractivity contribution in [3.63, 3.8) is 0 Å². The van der Waals surface area contributed by atoms with E-state index in [4.69, 9.17) is 5.73 Å². The molecule has 0 heterocycles. The van der Waals surface area contributed by atoms with Gasteiger partial charge in [0, 0.05) is 12.1 Å². The first-order chi connectivity index (χ1) is 7.04. The van der Waals surface area contributed by atoms with Crippen LogP contribution in [-0.4, -0.2) is 26.3 Å². The van der Waals surface area contributed by atoms with Crippen molar-refractivity contribution in [2.24, 2.45) is 5.73 Å². The molecule has 0 aromatic heterocycles. The van der Waals surface area contributed by atoms with Crippen molar-refractivity contribution in [1.29, 1.82) is 0 Å². The van der Waals surface area contributed by atoms with Crippen LogP contribution in [0.5, 0.6) is 0 Å². The van der Waals surface area contributed by atoms with Crippen molar-refractivity contribution in [3.05, 3.63) is 12.7 Å². The minimum Gasteiger partial charge on any atom is -0.329 e. The summed E-state index contributed by atoms with van der Waals surface area (Å²) < 4.78 is 26.1. The van der Waals surface area contributed by atoms with Crippen LogP contribution in [0.25, 0.3) is 0 Å². The van der Waals surface area contributed by atoms with Gasteiger partial charge in [0.05, 0.1) is 5.75 Å². The minimum atomic E-state index is -3.20. The Kier molecular flexibility index (Phi) is 6.55. The van der Waals surface area contributed by atoms with Crippen LogP contribution in [0.1, 0.15) is 32.1 Å². The van der Waals surface area contributed by atoms with Crippen LogP contribution >= 0.6 is 12.4 Å². The number of sulfonamides is 1. The van der Waals surface area contributed by atoms with Gasteiger partial charge in [0.15, 0.2) is 0 Å². The standard InChI is InChI=1S/C10H20N2O2S.ClH/c1-2-3-8-15(13,14)12-10(9-11)6-4-5-7-10;/h2,12H,1,3-9,11H2;1H. The summed E-state index contributed by atoms with van der Waals surface area (Å²) in [7, 11) is -3.20. The van der Waals surface area contributed by atoms with E-state index in [0.29, 0.717) is 13.0 Å². The highest BCUT2D eigenvalue weighted by molar-refractivity contribution is 7.89. The second kappa shape index (κ2) is 6.59. The predicted octanol–water partition coefficient (Wildman–Crippen LogP) is 1.18. The van der Waals surface area contributed by atoms with Crippen LogP contribution in [0, 0.1) is 0 Å². The van der Waals surface area contributed by atoms with Crippen LogP contribution in [0.4, 0.5) is 0 Å². The number of allylic oxidation sites excluding steroid dienone is 1. The molecule has 0 unspecified atom stereocenters. The maximum absolute atomic E-state index is 11.7. The molecule has 0 aromatic rings. The van der Waals surface area contributed by atoms with Crippen LogP contribution in [-0.2, 0) is 10.0 Å². The van der Waals surface area contributed by atoms with E-state index in [0.717, 1.165) is 25.7 Å². The SMILES string of the molecule is C=CCCS(=O)(=O)NC1(CN)CCCC1.Cl. The minimum absolute atomic E-state index is 0. The largest absolute Gasteiger partial charge is 0.329 e. The molecule has 16 heavy (non-hydrogen) atoms. The molecule has 0 spiro atoms. The molecule has 0 aromatic carbocycles. The zero-order valence-corrected chi connectivity index (χ0v) is 11.1. The summed E-state index contributed by atoms with van der Waals surface area (Å²) >= 11 is 0. The molecule has 1 aliphatic carbocycles. The van der Waals surface area contributed by atoms with Gasteiger partial charge < -0.3 is 5.73 Å². The first-order valence-electron chi connectivity index (χ1n) is 5.36. The van der Waals surface area contributed by atoms with Crippen molar-refractivity contribution < 1.29 is 8.42 Å². The molecule has 0 atom stereocenters. The van der Waals surface area contributed by atoms with E-state index in [-0.39, 0.29) is 23.7 Å². The van der Waals surface area contributed by atoms with Crippen molar-refractivity contribution in [2.45, 2.75) is 37.6 Å². The summed E-state index contributed by atoms with van der Waals surface area (Å²) in [6.45, 7) is 3.91. The van der Waals surface area contributed by atoms with Crippen molar-refractivity contribution in [3.8, 4) is 0 Å². The molecule has 0 radical (unpaired) electrons. The average molecular weight is 269 g/mol. The summed E-state index contributed by atoms with van der Waals surface area (Å²) in [6.07, 6.45) is 5.93. The van der Waals surface area contributed by atoms with E-state index in [1.54, 1.807) is 6.08 Å². The zero-order chi connectivity index (χ0) is 11.4. The van der Waals surface area contributed by atoms with Gasteiger partial charge in [-0.15, -0.1) is 19.0 Å². The van der Waals surface area contributed by atoms with Gasteiger partial charge >= 0.3 is 0 Å². The second-order valence-electron chi connectivity index (χ2n) is 4.19. The highest BCUT2D eigenvalue weighted by Crippen LogP contribution is 2.29. The number of nitrogens with one attached hydrogen (secondary N) is 1. The zero-order valence-electron chi connectivity index (χ0n) is 9.44. The Labute approximate surface area is 104 Å². The number of rotatable bonds is 6. The summed E-state index contributed by atoms with van der Waals surface area (Å²) in [5.74, 6) is 0.109. The fourth-order valence-electron chi connectivity index (χ4n) is 2.02. The van der Waals surface area contributed by atoms with Gasteiger partial charge in [0.1, 0.15) is 0 Å². The summed E-state index contributed by atoms with van der Waals surface area (Å²) in [5.41, 5.74) is 5.28. The highest BCUT2D eigenvalue weighted by atomic mass is 35.5. The number of nitrogens with two attached hydrogens (primary N) is 1. The molecule has 0 amide bonds. The Hall–Kier alpha value is -0.100. The van der Waals surface area contributed by atoms with Gasteiger partial charge in [0.2, 0.25) is 10.0 Å². The van der Waals surface area contributed by atoms with Crippen LogP contribution < -0.4 is 10.5 Å². The van der Waals surface area contributed by atoms with Gasteiger partial charge in [0.25, 0.3) is 0 Å². The Morgan fingerprint density at radius 2 is 1.94 bits per heavy atom. The molecule has 6 heteroatoms. The van der Waals surface area contributed by atoms with Gasteiger partial charge in [-0.3, -0.25) is 0 Å². The number of halogens is 1. The molecule has 0 aliphatic heterocycles. The lowest BCUT2D eigenvalue weighted by atomic mass is 10.0. The quantitative estimate of drug-likeness (QED) is 0.711. The lowest BCUT2D eigenvalue weighted by Crippen LogP contribution is -2.52. The van der Waals surface area contributed by atoms with E-state index in [1.807, 2.05) is 0 Å². The Bertz CT molecular complexity index is 311. The molecule has 1 rings (SSSR count). The first-order valence-corrected chi connectivity index (χ1v) is 7.01. The lowest BCUT2D eigenvalue weighted by molar-refractivity contribution is 0.399. The topological polar surface area (TPSA) is 72.2 Å². The van der Waals surface area contributed by atoms with Gasteiger partial charge in [-0.1, -0.05) is 18.9 Å². The molecule has 96 valence electrons. The maximum Gasteiger partial charge on any atom is 0.212 e. The van der Waals surface area contributed by atoms with Crippen molar-refractivity contribution in [1.82, 2.24) is 4.72 Å². The first kappa shape index (κ1) is 15.9.